The molecule has 84 heavy (non-hydrogen) atoms. The minimum absolute atomic E-state index is 0.00391. The quantitative estimate of drug-likeness (QED) is 0.0773. The zero-order chi connectivity index (χ0) is 63.4. The number of anilines is 2. The summed E-state index contributed by atoms with van der Waals surface area (Å²) in [5.41, 5.74) is -2.47. The van der Waals surface area contributed by atoms with Crippen LogP contribution in [0.15, 0.2) is 72.8 Å². The summed E-state index contributed by atoms with van der Waals surface area (Å²) in [6, 6.07) is 5.71. The molecular formula is C44H22F30N8O2. The average molecular weight is 1260 g/mol. The molecule has 0 amide bonds. The molecule has 0 N–H and O–H groups in total. The second-order valence-corrected chi connectivity index (χ2v) is 17.5. The molecule has 10 nitrogen and oxygen atoms in total. The van der Waals surface area contributed by atoms with E-state index >= 15 is 0 Å². The Hall–Kier alpha value is -7.48. The molecule has 0 aliphatic carbocycles. The SMILES string of the molecule is FC(F)C(F)(F)C(F)(F)C(F)(F)C(F)(F)C(F)(F)Oc1nc(OC(F)(F)C(F)(F)C(F)(F)C(F)(F)C(F)(F)C(F)F)nc(N2CCN(c3nc(-c4cccc5cc(C(F)(F)F)ccc45)nc(-c4cccc5cc(C(F)(F)F)ccc45)n3)CC2)n1. The van der Waals surface area contributed by atoms with E-state index in [1.54, 1.807) is 0 Å². The van der Waals surface area contributed by atoms with Crippen LogP contribution in [0.3, 0.4) is 0 Å². The van der Waals surface area contributed by atoms with Crippen LogP contribution < -0.4 is 19.3 Å². The van der Waals surface area contributed by atoms with Gasteiger partial charge in [0.05, 0.1) is 11.1 Å². The van der Waals surface area contributed by atoms with E-state index in [1.807, 2.05) is 4.98 Å². The average Bonchev–Trinajstić information content (AvgIpc) is 1.08. The highest BCUT2D eigenvalue weighted by molar-refractivity contribution is 5.98. The maximum absolute atomic E-state index is 15.0. The molecule has 3 heterocycles. The molecule has 0 unspecified atom stereocenters. The van der Waals surface area contributed by atoms with Gasteiger partial charge in [-0.05, 0) is 45.8 Å². The van der Waals surface area contributed by atoms with Gasteiger partial charge in [-0.15, -0.1) is 4.98 Å². The fourth-order valence-corrected chi connectivity index (χ4v) is 7.53. The summed E-state index contributed by atoms with van der Waals surface area (Å²) in [6.07, 6.45) is -37.3. The number of hydrogen-bond donors (Lipinski definition) is 0. The Balaban J connectivity index is 1.32. The van der Waals surface area contributed by atoms with Gasteiger partial charge in [0, 0.05) is 37.3 Å². The van der Waals surface area contributed by atoms with Crippen molar-refractivity contribution in [3.63, 3.8) is 0 Å². The fourth-order valence-electron chi connectivity index (χ4n) is 7.53. The zero-order valence-electron chi connectivity index (χ0n) is 39.6. The summed E-state index contributed by atoms with van der Waals surface area (Å²) in [4.78, 5) is 21.7. The Bertz CT molecular complexity index is 3220. The number of halogens is 30. The van der Waals surface area contributed by atoms with Gasteiger partial charge in [-0.2, -0.15) is 134 Å². The van der Waals surface area contributed by atoms with E-state index in [9.17, 15) is 132 Å². The number of alkyl halides is 30. The highest BCUT2D eigenvalue weighted by Gasteiger charge is 2.90. The van der Waals surface area contributed by atoms with Crippen LogP contribution in [-0.4, -0.2) is 129 Å². The van der Waals surface area contributed by atoms with Gasteiger partial charge in [0.2, 0.25) is 11.9 Å². The molecule has 460 valence electrons. The van der Waals surface area contributed by atoms with Crippen molar-refractivity contribution in [1.29, 1.82) is 0 Å². The Kier molecular flexibility index (Phi) is 15.8. The third kappa shape index (κ3) is 10.6. The minimum Gasteiger partial charge on any atom is -0.393 e. The van der Waals surface area contributed by atoms with Gasteiger partial charge in [-0.25, -0.2) is 22.5 Å². The maximum Gasteiger partial charge on any atom is 0.473 e. The Labute approximate surface area is 444 Å². The first-order chi connectivity index (χ1) is 38.1. The van der Waals surface area contributed by atoms with Gasteiger partial charge < -0.3 is 19.3 Å². The number of piperazine rings is 1. The molecule has 0 atom stereocenters. The number of hydrogen-bond acceptors (Lipinski definition) is 10. The van der Waals surface area contributed by atoms with Crippen LogP contribution in [0.5, 0.6) is 12.0 Å². The third-order valence-electron chi connectivity index (χ3n) is 12.1. The van der Waals surface area contributed by atoms with Gasteiger partial charge >= 0.3 is 96.8 Å². The van der Waals surface area contributed by atoms with Crippen molar-refractivity contribution in [3.8, 4) is 34.8 Å². The fraction of sp³-hybridized carbons (Fsp3) is 0.409. The highest BCUT2D eigenvalue weighted by Crippen LogP contribution is 2.60. The maximum atomic E-state index is 15.0. The molecule has 0 saturated carbocycles. The van der Waals surface area contributed by atoms with E-state index in [0.29, 0.717) is 24.3 Å². The Morgan fingerprint density at radius 3 is 0.988 bits per heavy atom. The number of rotatable bonds is 18. The number of aromatic nitrogens is 6. The molecule has 0 radical (unpaired) electrons. The molecule has 0 bridgehead atoms. The monoisotopic (exact) mass is 1260 g/mol. The first-order valence-electron chi connectivity index (χ1n) is 22.0. The Morgan fingerprint density at radius 1 is 0.357 bits per heavy atom. The van der Waals surface area contributed by atoms with Crippen LogP contribution in [0.25, 0.3) is 44.3 Å². The minimum atomic E-state index is -8.44. The summed E-state index contributed by atoms with van der Waals surface area (Å²) in [6.45, 7) is -3.70. The second-order valence-electron chi connectivity index (χ2n) is 17.5. The summed E-state index contributed by atoms with van der Waals surface area (Å²) in [5, 5.41) is -0.209. The van der Waals surface area contributed by atoms with Gasteiger partial charge in [0.1, 0.15) is 0 Å². The van der Waals surface area contributed by atoms with Gasteiger partial charge in [0.15, 0.2) is 11.6 Å². The predicted octanol–water partition coefficient (Wildman–Crippen LogP) is 14.6. The van der Waals surface area contributed by atoms with Crippen molar-refractivity contribution in [1.82, 2.24) is 29.9 Å². The topological polar surface area (TPSA) is 102 Å². The van der Waals surface area contributed by atoms with Gasteiger partial charge in [0.25, 0.3) is 0 Å². The summed E-state index contributed by atoms with van der Waals surface area (Å²) >= 11 is 0. The van der Waals surface area contributed by atoms with Crippen LogP contribution in [0.4, 0.5) is 144 Å². The molecule has 7 rings (SSSR count). The normalized spacial score (nSPS) is 15.5. The van der Waals surface area contributed by atoms with Crippen molar-refractivity contribution in [2.75, 3.05) is 36.0 Å². The lowest BCUT2D eigenvalue weighted by Crippen LogP contribution is -2.69. The first kappa shape index (κ1) is 64.1. The number of nitrogens with zero attached hydrogens (tertiary/aromatic N) is 8. The van der Waals surface area contributed by atoms with Crippen LogP contribution in [-0.2, 0) is 12.4 Å². The molecule has 1 saturated heterocycles. The van der Waals surface area contributed by atoms with Gasteiger partial charge in [-0.1, -0.05) is 48.5 Å². The van der Waals surface area contributed by atoms with E-state index in [4.69, 9.17) is 0 Å². The standard InChI is InChI=1S/C44H22F30N8O2/c45-27(46)33(49,50)37(59,60)39(63,64)41(67,68)43(71,72)83-31-78-30(79-32(80-31)84-44(73,74)42(69,70)40(65,66)38(61,62)34(51,52)28(47)48)82-13-11-81(12-14-82)29-76-25(23-5-1-3-17-15-19(35(53,54)55)7-9-21(17)23)75-26(77-29)24-6-2-4-18-16-20(36(56,57)58)8-10-22(18)24/h1-10,15-16,27-28H,11-14H2. The number of ether oxygens (including phenoxy) is 2. The van der Waals surface area contributed by atoms with E-state index in [1.165, 1.54) is 36.4 Å². The molecule has 6 aromatic rings. The van der Waals surface area contributed by atoms with Crippen molar-refractivity contribution >= 4 is 33.4 Å². The molecule has 2 aromatic heterocycles. The summed E-state index contributed by atoms with van der Waals surface area (Å²) < 4.78 is 425. The van der Waals surface area contributed by atoms with E-state index in [0.717, 1.165) is 17.0 Å². The van der Waals surface area contributed by atoms with Crippen LogP contribution in [0.2, 0.25) is 0 Å². The second kappa shape index (κ2) is 20.6. The van der Waals surface area contributed by atoms with Crippen molar-refractivity contribution in [2.24, 2.45) is 0 Å². The largest absolute Gasteiger partial charge is 0.473 e. The smallest absolute Gasteiger partial charge is 0.393 e. The lowest BCUT2D eigenvalue weighted by Gasteiger charge is -2.38. The number of fused-ring (bicyclic) bond motifs is 2. The van der Waals surface area contributed by atoms with Gasteiger partial charge in [-0.3, -0.25) is 0 Å². The van der Waals surface area contributed by atoms with Crippen molar-refractivity contribution in [2.45, 2.75) is 84.8 Å². The van der Waals surface area contributed by atoms with Crippen LogP contribution >= 0.6 is 0 Å². The first-order valence-corrected chi connectivity index (χ1v) is 22.0. The molecular weight excluding hydrogens is 1240 g/mol. The highest BCUT2D eigenvalue weighted by atomic mass is 19.4. The van der Waals surface area contributed by atoms with E-state index < -0.39 is 158 Å². The van der Waals surface area contributed by atoms with E-state index in [2.05, 4.69) is 34.4 Å². The summed E-state index contributed by atoms with van der Waals surface area (Å²) in [5.74, 6) is -68.6. The van der Waals surface area contributed by atoms with E-state index in [-0.39, 0.29) is 37.6 Å². The predicted molar refractivity (Wildman–Crippen MR) is 223 cm³/mol. The number of benzene rings is 4. The zero-order valence-corrected chi connectivity index (χ0v) is 39.6. The lowest BCUT2D eigenvalue weighted by atomic mass is 9.98. The van der Waals surface area contributed by atoms with Crippen molar-refractivity contribution < 1.29 is 141 Å². The third-order valence-corrected chi connectivity index (χ3v) is 12.1. The molecule has 1 aliphatic rings. The molecule has 1 fully saturated rings. The van der Waals surface area contributed by atoms with Crippen LogP contribution in [0, 0.1) is 0 Å². The molecule has 1 aliphatic heterocycles. The molecule has 4 aromatic carbocycles. The van der Waals surface area contributed by atoms with Crippen LogP contribution in [0.1, 0.15) is 11.1 Å². The summed E-state index contributed by atoms with van der Waals surface area (Å²) in [7, 11) is 0. The molecule has 40 heteroatoms. The Morgan fingerprint density at radius 2 is 0.679 bits per heavy atom. The molecule has 0 spiro atoms. The lowest BCUT2D eigenvalue weighted by molar-refractivity contribution is -0.439. The van der Waals surface area contributed by atoms with Crippen molar-refractivity contribution in [3.05, 3.63) is 83.9 Å².